The van der Waals surface area contributed by atoms with Crippen LogP contribution in [0.5, 0.6) is 5.75 Å². The number of aromatic amines is 1. The second kappa shape index (κ2) is 13.7. The maximum Gasteiger partial charge on any atom is 0.325 e. The second-order valence-electron chi connectivity index (χ2n) is 10.0. The molecule has 0 aliphatic carbocycles. The molecule has 1 amide bonds. The summed E-state index contributed by atoms with van der Waals surface area (Å²) in [4.78, 5) is 43.6. The minimum Gasteiger partial charge on any atom is -0.496 e. The van der Waals surface area contributed by atoms with Crippen LogP contribution in [0, 0.1) is 0 Å². The van der Waals surface area contributed by atoms with Gasteiger partial charge in [0.15, 0.2) is 0 Å². The van der Waals surface area contributed by atoms with Crippen LogP contribution in [0.1, 0.15) is 42.5 Å². The molecule has 1 heterocycles. The largest absolute Gasteiger partial charge is 0.496 e. The molecule has 0 radical (unpaired) electrons. The average molecular weight is 573 g/mol. The molecular formula is C32H36N4O6. The Morgan fingerprint density at radius 3 is 2.62 bits per heavy atom. The first-order valence-corrected chi connectivity index (χ1v) is 13.7. The summed E-state index contributed by atoms with van der Waals surface area (Å²) < 4.78 is 10.8. The molecule has 2 atom stereocenters. The van der Waals surface area contributed by atoms with Crippen molar-refractivity contribution in [2.24, 2.45) is 0 Å². The van der Waals surface area contributed by atoms with Crippen molar-refractivity contribution >= 4 is 34.0 Å². The molecule has 5 N–H and O–H groups in total. The second-order valence-corrected chi connectivity index (χ2v) is 10.0. The molecule has 220 valence electrons. The standard InChI is InChI=1S/C32H36N4O6/c1-4-42-29(38)18-36(17-21-6-5-7-24(33)14-21)32(40)30(23-9-11-26(20(2)19-37)28(15-23)41-3)35-25-10-8-22-12-13-34-31(39)27(22)16-25/h5-16,20,30,35,37H,4,17-19,33H2,1-3H3,(H,34,39)/t20-,30?/m0/s1. The van der Waals surface area contributed by atoms with Gasteiger partial charge in [0.05, 0.1) is 13.7 Å². The summed E-state index contributed by atoms with van der Waals surface area (Å²) in [6.07, 6.45) is 1.58. The Morgan fingerprint density at radius 2 is 1.90 bits per heavy atom. The highest BCUT2D eigenvalue weighted by molar-refractivity contribution is 5.90. The first-order valence-electron chi connectivity index (χ1n) is 13.7. The summed E-state index contributed by atoms with van der Waals surface area (Å²) in [5, 5.41) is 14.2. The summed E-state index contributed by atoms with van der Waals surface area (Å²) in [7, 11) is 1.53. The molecular weight excluding hydrogens is 536 g/mol. The number of aliphatic hydroxyl groups excluding tert-OH is 1. The zero-order valence-corrected chi connectivity index (χ0v) is 23.9. The number of nitrogens with zero attached hydrogens (tertiary/aromatic N) is 1. The van der Waals surface area contributed by atoms with Gasteiger partial charge in [-0.25, -0.2) is 0 Å². The van der Waals surface area contributed by atoms with E-state index in [-0.39, 0.29) is 37.8 Å². The lowest BCUT2D eigenvalue weighted by Gasteiger charge is -2.29. The molecule has 0 saturated carbocycles. The van der Waals surface area contributed by atoms with Crippen molar-refractivity contribution in [3.63, 3.8) is 0 Å². The number of carbonyl (C=O) groups excluding carboxylic acids is 2. The van der Waals surface area contributed by atoms with Crippen LogP contribution in [0.15, 0.2) is 77.7 Å². The summed E-state index contributed by atoms with van der Waals surface area (Å²) in [6.45, 7) is 3.50. The third-order valence-electron chi connectivity index (χ3n) is 6.99. The molecule has 0 bridgehead atoms. The molecule has 0 fully saturated rings. The lowest BCUT2D eigenvalue weighted by atomic mass is 9.96. The summed E-state index contributed by atoms with van der Waals surface area (Å²) >= 11 is 0. The summed E-state index contributed by atoms with van der Waals surface area (Å²) in [6, 6.07) is 18.5. The number of pyridine rings is 1. The Labute approximate surface area is 244 Å². The van der Waals surface area contributed by atoms with Crippen LogP contribution in [0.4, 0.5) is 11.4 Å². The number of fused-ring (bicyclic) bond motifs is 1. The quantitative estimate of drug-likeness (QED) is 0.147. The van der Waals surface area contributed by atoms with E-state index in [0.717, 1.165) is 16.5 Å². The first-order chi connectivity index (χ1) is 20.2. The van der Waals surface area contributed by atoms with E-state index in [0.29, 0.717) is 28.1 Å². The number of methoxy groups -OCH3 is 1. The zero-order chi connectivity index (χ0) is 30.2. The lowest BCUT2D eigenvalue weighted by Crippen LogP contribution is -2.41. The number of esters is 1. The van der Waals surface area contributed by atoms with Crippen LogP contribution < -0.4 is 21.3 Å². The number of anilines is 2. The number of nitrogens with two attached hydrogens (primary N) is 1. The fraction of sp³-hybridized carbons (Fsp3) is 0.281. The van der Waals surface area contributed by atoms with Crippen molar-refractivity contribution in [1.29, 1.82) is 0 Å². The molecule has 4 aromatic rings. The Hall–Kier alpha value is -4.83. The molecule has 0 spiro atoms. The Kier molecular flexibility index (Phi) is 9.82. The number of ether oxygens (including phenoxy) is 2. The normalized spacial score (nSPS) is 12.4. The maximum absolute atomic E-state index is 14.4. The van der Waals surface area contributed by atoms with Gasteiger partial charge in [-0.05, 0) is 65.4 Å². The average Bonchev–Trinajstić information content (AvgIpc) is 2.99. The summed E-state index contributed by atoms with van der Waals surface area (Å²) in [5.74, 6) is -0.628. The summed E-state index contributed by atoms with van der Waals surface area (Å²) in [5.41, 5.74) is 8.89. The van der Waals surface area contributed by atoms with Crippen molar-refractivity contribution in [3.05, 3.63) is 100.0 Å². The van der Waals surface area contributed by atoms with Gasteiger partial charge in [-0.2, -0.15) is 0 Å². The minimum absolute atomic E-state index is 0.0739. The van der Waals surface area contributed by atoms with E-state index in [2.05, 4.69) is 10.3 Å². The molecule has 0 aliphatic heterocycles. The Bertz CT molecular complexity index is 1620. The van der Waals surface area contributed by atoms with Gasteiger partial charge in [0.1, 0.15) is 18.3 Å². The van der Waals surface area contributed by atoms with Crippen molar-refractivity contribution in [1.82, 2.24) is 9.88 Å². The number of nitrogen functional groups attached to an aromatic ring is 1. The lowest BCUT2D eigenvalue weighted by molar-refractivity contribution is -0.149. The number of nitrogens with one attached hydrogen (secondary N) is 2. The number of benzene rings is 3. The molecule has 10 nitrogen and oxygen atoms in total. The highest BCUT2D eigenvalue weighted by Gasteiger charge is 2.29. The Morgan fingerprint density at radius 1 is 1.10 bits per heavy atom. The van der Waals surface area contributed by atoms with E-state index in [1.165, 1.54) is 12.0 Å². The molecule has 42 heavy (non-hydrogen) atoms. The maximum atomic E-state index is 14.4. The first kappa shape index (κ1) is 30.1. The zero-order valence-electron chi connectivity index (χ0n) is 23.9. The van der Waals surface area contributed by atoms with Gasteiger partial charge in [0, 0.05) is 42.0 Å². The van der Waals surface area contributed by atoms with Gasteiger partial charge in [-0.3, -0.25) is 14.4 Å². The number of H-pyrrole nitrogens is 1. The molecule has 0 saturated heterocycles. The van der Waals surface area contributed by atoms with Crippen molar-refractivity contribution in [3.8, 4) is 5.75 Å². The van der Waals surface area contributed by atoms with Gasteiger partial charge in [-0.15, -0.1) is 0 Å². The molecule has 0 aliphatic rings. The van der Waals surface area contributed by atoms with Crippen LogP contribution in [-0.4, -0.2) is 53.7 Å². The monoisotopic (exact) mass is 572 g/mol. The predicted molar refractivity (Wildman–Crippen MR) is 162 cm³/mol. The number of aromatic nitrogens is 1. The number of hydrogen-bond acceptors (Lipinski definition) is 8. The van der Waals surface area contributed by atoms with E-state index in [9.17, 15) is 19.5 Å². The van der Waals surface area contributed by atoms with Crippen LogP contribution in [0.25, 0.3) is 10.8 Å². The third kappa shape index (κ3) is 7.08. The van der Waals surface area contributed by atoms with E-state index < -0.39 is 17.9 Å². The number of amides is 1. The van der Waals surface area contributed by atoms with Gasteiger partial charge in [-0.1, -0.05) is 37.3 Å². The molecule has 1 aromatic heterocycles. The van der Waals surface area contributed by atoms with Gasteiger partial charge in [0.2, 0.25) is 0 Å². The molecule has 1 unspecified atom stereocenters. The predicted octanol–water partition coefficient (Wildman–Crippen LogP) is 3.96. The fourth-order valence-electron chi connectivity index (χ4n) is 4.81. The Balaban J connectivity index is 1.79. The fourth-order valence-corrected chi connectivity index (χ4v) is 4.81. The van der Waals surface area contributed by atoms with Crippen LogP contribution >= 0.6 is 0 Å². The van der Waals surface area contributed by atoms with Gasteiger partial charge >= 0.3 is 5.97 Å². The molecule has 10 heteroatoms. The highest BCUT2D eigenvalue weighted by Crippen LogP contribution is 2.32. The van der Waals surface area contributed by atoms with E-state index in [1.54, 1.807) is 67.7 Å². The third-order valence-corrected chi connectivity index (χ3v) is 6.99. The van der Waals surface area contributed by atoms with Crippen molar-refractivity contribution in [2.75, 3.05) is 37.9 Å². The van der Waals surface area contributed by atoms with Crippen LogP contribution in [-0.2, 0) is 20.9 Å². The molecule has 3 aromatic carbocycles. The topological polar surface area (TPSA) is 147 Å². The number of carbonyl (C=O) groups is 2. The minimum atomic E-state index is -0.979. The highest BCUT2D eigenvalue weighted by atomic mass is 16.5. The smallest absolute Gasteiger partial charge is 0.325 e. The van der Waals surface area contributed by atoms with Gasteiger partial charge < -0.3 is 35.5 Å². The van der Waals surface area contributed by atoms with E-state index in [1.807, 2.05) is 19.1 Å². The van der Waals surface area contributed by atoms with Crippen molar-refractivity contribution in [2.45, 2.75) is 32.4 Å². The number of hydrogen-bond donors (Lipinski definition) is 4. The van der Waals surface area contributed by atoms with Crippen LogP contribution in [0.3, 0.4) is 0 Å². The molecule has 4 rings (SSSR count). The van der Waals surface area contributed by atoms with Crippen molar-refractivity contribution < 1.29 is 24.2 Å². The number of aliphatic hydroxyl groups is 1. The van der Waals surface area contributed by atoms with Crippen LogP contribution in [0.2, 0.25) is 0 Å². The van der Waals surface area contributed by atoms with E-state index >= 15 is 0 Å². The number of rotatable bonds is 12. The van der Waals surface area contributed by atoms with Gasteiger partial charge in [0.25, 0.3) is 11.5 Å². The van der Waals surface area contributed by atoms with E-state index in [4.69, 9.17) is 15.2 Å². The SMILES string of the molecule is CCOC(=O)CN(Cc1cccc(N)c1)C(=O)C(Nc1ccc2cc[nH]c(=O)c2c1)c1ccc([C@@H](C)CO)c(OC)c1.